The molecule has 0 saturated carbocycles. The van der Waals surface area contributed by atoms with Crippen LogP contribution in [0.4, 0.5) is 5.69 Å². The summed E-state index contributed by atoms with van der Waals surface area (Å²) in [5, 5.41) is 10.3. The minimum atomic E-state index is 1.04. The van der Waals surface area contributed by atoms with Crippen molar-refractivity contribution in [3.05, 3.63) is 11.4 Å². The molecule has 0 aliphatic carbocycles. The molecule has 0 aliphatic rings. The van der Waals surface area contributed by atoms with Crippen LogP contribution in [0.25, 0.3) is 0 Å². The Morgan fingerprint density at radius 2 is 2.27 bits per heavy atom. The highest BCUT2D eigenvalue weighted by Gasteiger charge is 2.05. The van der Waals surface area contributed by atoms with Crippen LogP contribution in [0, 0.1) is 6.92 Å². The van der Waals surface area contributed by atoms with Gasteiger partial charge in [-0.25, -0.2) is 0 Å². The molecule has 0 amide bonds. The minimum absolute atomic E-state index is 1.04. The molecule has 62 valence electrons. The Morgan fingerprint density at radius 3 is 2.82 bits per heavy atom. The highest BCUT2D eigenvalue weighted by Crippen LogP contribution is 2.17. The molecule has 0 fully saturated rings. The molecule has 1 heterocycles. The number of hydrogen-bond acceptors (Lipinski definition) is 2. The van der Waals surface area contributed by atoms with E-state index in [4.69, 9.17) is 0 Å². The Morgan fingerprint density at radius 1 is 1.55 bits per heavy atom. The van der Waals surface area contributed by atoms with Crippen LogP contribution in [0.5, 0.6) is 0 Å². The monoisotopic (exact) mass is 153 g/mol. The maximum atomic E-state index is 4.19. The smallest absolute Gasteiger partial charge is 0.0856 e. The summed E-state index contributed by atoms with van der Waals surface area (Å²) in [6, 6.07) is 0. The summed E-state index contributed by atoms with van der Waals surface area (Å²) in [7, 11) is 1.93. The Hall–Kier alpha value is -0.990. The number of nitrogens with zero attached hydrogens (tertiary/aromatic N) is 1. The van der Waals surface area contributed by atoms with Crippen molar-refractivity contribution in [3.63, 3.8) is 0 Å². The second-order valence-electron chi connectivity index (χ2n) is 2.67. The van der Waals surface area contributed by atoms with Gasteiger partial charge in [-0.05, 0) is 13.3 Å². The minimum Gasteiger partial charge on any atom is -0.385 e. The molecule has 0 aromatic carbocycles. The molecule has 0 unspecified atom stereocenters. The molecule has 0 aliphatic heterocycles. The Balaban J connectivity index is 2.86. The molecular weight excluding hydrogens is 138 g/mol. The van der Waals surface area contributed by atoms with Gasteiger partial charge in [-0.1, -0.05) is 13.3 Å². The first-order chi connectivity index (χ1) is 5.29. The molecule has 0 spiro atoms. The van der Waals surface area contributed by atoms with Gasteiger partial charge in [0.1, 0.15) is 0 Å². The van der Waals surface area contributed by atoms with Crippen LogP contribution in [0.15, 0.2) is 0 Å². The molecule has 3 nitrogen and oxygen atoms in total. The normalized spacial score (nSPS) is 10.1. The molecule has 2 N–H and O–H groups in total. The van der Waals surface area contributed by atoms with Gasteiger partial charge in [0.2, 0.25) is 0 Å². The number of aryl methyl sites for hydroxylation is 2. The first-order valence-corrected chi connectivity index (χ1v) is 4.01. The van der Waals surface area contributed by atoms with Gasteiger partial charge in [0.05, 0.1) is 17.1 Å². The standard InChI is InChI=1S/C8H15N3/c1-4-5-7-8(9-3)6(2)10-11-7/h9H,4-5H2,1-3H3,(H,10,11). The van der Waals surface area contributed by atoms with E-state index in [-0.39, 0.29) is 0 Å². The van der Waals surface area contributed by atoms with E-state index in [2.05, 4.69) is 22.4 Å². The van der Waals surface area contributed by atoms with E-state index in [0.717, 1.165) is 29.9 Å². The molecule has 3 heteroatoms. The summed E-state index contributed by atoms with van der Waals surface area (Å²) in [5.74, 6) is 0. The largest absolute Gasteiger partial charge is 0.385 e. The van der Waals surface area contributed by atoms with E-state index >= 15 is 0 Å². The summed E-state index contributed by atoms with van der Waals surface area (Å²) in [6.07, 6.45) is 2.18. The third-order valence-corrected chi connectivity index (χ3v) is 1.76. The summed E-state index contributed by atoms with van der Waals surface area (Å²) in [4.78, 5) is 0. The summed E-state index contributed by atoms with van der Waals surface area (Å²) in [5.41, 5.74) is 3.43. The average molecular weight is 153 g/mol. The lowest BCUT2D eigenvalue weighted by molar-refractivity contribution is 0.866. The molecule has 11 heavy (non-hydrogen) atoms. The fourth-order valence-corrected chi connectivity index (χ4v) is 1.23. The topological polar surface area (TPSA) is 40.7 Å². The van der Waals surface area contributed by atoms with Crippen molar-refractivity contribution >= 4 is 5.69 Å². The van der Waals surface area contributed by atoms with Crippen LogP contribution >= 0.6 is 0 Å². The first-order valence-electron chi connectivity index (χ1n) is 4.01. The van der Waals surface area contributed by atoms with Crippen LogP contribution in [0.3, 0.4) is 0 Å². The number of anilines is 1. The van der Waals surface area contributed by atoms with E-state index < -0.39 is 0 Å². The molecule has 1 aromatic rings. The van der Waals surface area contributed by atoms with Gasteiger partial charge in [-0.2, -0.15) is 5.10 Å². The highest BCUT2D eigenvalue weighted by atomic mass is 15.1. The van der Waals surface area contributed by atoms with Gasteiger partial charge >= 0.3 is 0 Å². The number of hydrogen-bond donors (Lipinski definition) is 2. The van der Waals surface area contributed by atoms with Crippen molar-refractivity contribution in [2.45, 2.75) is 26.7 Å². The lowest BCUT2D eigenvalue weighted by atomic mass is 10.2. The zero-order valence-electron chi connectivity index (χ0n) is 7.36. The number of H-pyrrole nitrogens is 1. The highest BCUT2D eigenvalue weighted by molar-refractivity contribution is 5.51. The SMILES string of the molecule is CCCc1n[nH]c(C)c1NC. The van der Waals surface area contributed by atoms with Gasteiger partial charge in [0, 0.05) is 7.05 Å². The van der Waals surface area contributed by atoms with Crippen molar-refractivity contribution in [2.75, 3.05) is 12.4 Å². The predicted molar refractivity (Wildman–Crippen MR) is 46.9 cm³/mol. The summed E-state index contributed by atoms with van der Waals surface area (Å²) in [6.45, 7) is 4.18. The van der Waals surface area contributed by atoms with Gasteiger partial charge in [0.25, 0.3) is 0 Å². The van der Waals surface area contributed by atoms with Crippen LogP contribution in [0.1, 0.15) is 24.7 Å². The molecule has 1 rings (SSSR count). The second kappa shape index (κ2) is 3.42. The number of aromatic nitrogens is 2. The van der Waals surface area contributed by atoms with Gasteiger partial charge in [0.15, 0.2) is 0 Å². The van der Waals surface area contributed by atoms with Crippen molar-refractivity contribution in [2.24, 2.45) is 0 Å². The fraction of sp³-hybridized carbons (Fsp3) is 0.625. The maximum absolute atomic E-state index is 4.19. The Labute approximate surface area is 67.2 Å². The lowest BCUT2D eigenvalue weighted by Crippen LogP contribution is -1.93. The molecule has 1 aromatic heterocycles. The van der Waals surface area contributed by atoms with Crippen molar-refractivity contribution in [3.8, 4) is 0 Å². The number of aromatic amines is 1. The summed E-state index contributed by atoms with van der Waals surface area (Å²) >= 11 is 0. The molecule has 0 radical (unpaired) electrons. The summed E-state index contributed by atoms with van der Waals surface area (Å²) < 4.78 is 0. The molecule has 0 bridgehead atoms. The second-order valence-corrected chi connectivity index (χ2v) is 2.67. The van der Waals surface area contributed by atoms with Gasteiger partial charge in [-0.15, -0.1) is 0 Å². The first kappa shape index (κ1) is 8.11. The molecule has 0 saturated heterocycles. The number of rotatable bonds is 3. The maximum Gasteiger partial charge on any atom is 0.0856 e. The van der Waals surface area contributed by atoms with E-state index in [9.17, 15) is 0 Å². The van der Waals surface area contributed by atoms with Crippen molar-refractivity contribution in [1.82, 2.24) is 10.2 Å². The van der Waals surface area contributed by atoms with Crippen LogP contribution < -0.4 is 5.32 Å². The number of nitrogens with one attached hydrogen (secondary N) is 2. The van der Waals surface area contributed by atoms with E-state index in [1.807, 2.05) is 14.0 Å². The van der Waals surface area contributed by atoms with Crippen LogP contribution in [-0.2, 0) is 6.42 Å². The van der Waals surface area contributed by atoms with Gasteiger partial charge in [-0.3, -0.25) is 5.10 Å². The van der Waals surface area contributed by atoms with E-state index in [1.165, 1.54) is 0 Å². The van der Waals surface area contributed by atoms with Crippen LogP contribution in [0.2, 0.25) is 0 Å². The van der Waals surface area contributed by atoms with E-state index in [0.29, 0.717) is 0 Å². The molecule has 0 atom stereocenters. The van der Waals surface area contributed by atoms with Crippen molar-refractivity contribution < 1.29 is 0 Å². The van der Waals surface area contributed by atoms with Crippen LogP contribution in [-0.4, -0.2) is 17.2 Å². The zero-order valence-corrected chi connectivity index (χ0v) is 7.36. The van der Waals surface area contributed by atoms with Crippen molar-refractivity contribution in [1.29, 1.82) is 0 Å². The lowest BCUT2D eigenvalue weighted by Gasteiger charge is -1.99. The third kappa shape index (κ3) is 1.53. The zero-order chi connectivity index (χ0) is 8.27. The quantitative estimate of drug-likeness (QED) is 0.694. The Bertz CT molecular complexity index is 227. The predicted octanol–water partition coefficient (Wildman–Crippen LogP) is 1.71. The van der Waals surface area contributed by atoms with E-state index in [1.54, 1.807) is 0 Å². The average Bonchev–Trinajstić information content (AvgIpc) is 2.33. The third-order valence-electron chi connectivity index (χ3n) is 1.76. The Kier molecular flexibility index (Phi) is 2.52. The molecular formula is C8H15N3. The fourth-order valence-electron chi connectivity index (χ4n) is 1.23. The van der Waals surface area contributed by atoms with Gasteiger partial charge < -0.3 is 5.32 Å².